The lowest BCUT2D eigenvalue weighted by Gasteiger charge is -2.08. The first-order chi connectivity index (χ1) is 9.04. The maximum absolute atomic E-state index is 6.03. The van der Waals surface area contributed by atoms with Crippen molar-refractivity contribution < 1.29 is 9.57 Å². The Labute approximate surface area is 122 Å². The lowest BCUT2D eigenvalue weighted by Crippen LogP contribution is -2.17. The van der Waals surface area contributed by atoms with E-state index < -0.39 is 0 Å². The van der Waals surface area contributed by atoms with Gasteiger partial charge in [-0.05, 0) is 26.0 Å². The molecule has 102 valence electrons. The summed E-state index contributed by atoms with van der Waals surface area (Å²) in [5.41, 5.74) is 3.16. The summed E-state index contributed by atoms with van der Waals surface area (Å²) in [6, 6.07) is 3.24. The summed E-state index contributed by atoms with van der Waals surface area (Å²) in [5, 5.41) is 0.694. The van der Waals surface area contributed by atoms with Crippen molar-refractivity contribution in [3.63, 3.8) is 0 Å². The minimum atomic E-state index is 0.0539. The summed E-state index contributed by atoms with van der Waals surface area (Å²) in [4.78, 5) is 9.18. The number of terminal acetylenes is 1. The topological polar surface area (TPSA) is 42.8 Å². The molecular formula is C13H14Cl2N2O2. The SMILES string of the molecule is C#CCOc1c(Cl)cc(N=CNOC(C)C)cc1Cl. The number of halogens is 2. The first-order valence-electron chi connectivity index (χ1n) is 5.53. The quantitative estimate of drug-likeness (QED) is 0.378. The van der Waals surface area contributed by atoms with Crippen molar-refractivity contribution in [1.29, 1.82) is 0 Å². The molecule has 1 aromatic carbocycles. The number of aliphatic imine (C=N–C) groups is 1. The van der Waals surface area contributed by atoms with Crippen LogP contribution in [-0.2, 0) is 4.84 Å². The third-order valence-corrected chi connectivity index (χ3v) is 2.41. The standard InChI is InChI=1S/C13H14Cl2N2O2/c1-4-5-18-13-11(14)6-10(7-12(13)15)16-8-17-19-9(2)3/h1,6-9H,5H2,2-3H3,(H,16,17). The molecule has 1 rings (SSSR count). The largest absolute Gasteiger partial charge is 0.478 e. The van der Waals surface area contributed by atoms with Gasteiger partial charge in [0.05, 0.1) is 21.8 Å². The molecule has 19 heavy (non-hydrogen) atoms. The van der Waals surface area contributed by atoms with E-state index in [0.29, 0.717) is 21.5 Å². The molecule has 1 N–H and O–H groups in total. The van der Waals surface area contributed by atoms with E-state index in [9.17, 15) is 0 Å². The molecule has 0 aliphatic heterocycles. The molecule has 0 heterocycles. The monoisotopic (exact) mass is 300 g/mol. The van der Waals surface area contributed by atoms with Crippen LogP contribution in [0.3, 0.4) is 0 Å². The smallest absolute Gasteiger partial charge is 0.158 e. The second-order valence-electron chi connectivity index (χ2n) is 3.77. The Balaban J connectivity index is 2.75. The average molecular weight is 301 g/mol. The van der Waals surface area contributed by atoms with Gasteiger partial charge in [-0.3, -0.25) is 10.3 Å². The van der Waals surface area contributed by atoms with Crippen LogP contribution in [0.15, 0.2) is 17.1 Å². The molecule has 0 aliphatic rings. The van der Waals surface area contributed by atoms with Gasteiger partial charge in [-0.2, -0.15) is 0 Å². The summed E-state index contributed by atoms with van der Waals surface area (Å²) in [5.74, 6) is 2.70. The lowest BCUT2D eigenvalue weighted by molar-refractivity contribution is 0.0362. The second kappa shape index (κ2) is 7.90. The normalized spacial score (nSPS) is 10.7. The highest BCUT2D eigenvalue weighted by molar-refractivity contribution is 6.37. The first kappa shape index (κ1) is 15.6. The number of hydrogen-bond acceptors (Lipinski definition) is 3. The predicted octanol–water partition coefficient (Wildman–Crippen LogP) is 3.59. The number of benzene rings is 1. The fraction of sp³-hybridized carbons (Fsp3) is 0.308. The molecule has 1 aromatic rings. The molecule has 0 spiro atoms. The summed E-state index contributed by atoms with van der Waals surface area (Å²) in [6.07, 6.45) is 6.57. The third-order valence-electron chi connectivity index (χ3n) is 1.85. The Kier molecular flexibility index (Phi) is 6.51. The van der Waals surface area contributed by atoms with Crippen LogP contribution in [0.2, 0.25) is 10.0 Å². The number of ether oxygens (including phenoxy) is 1. The average Bonchev–Trinajstić information content (AvgIpc) is 2.33. The van der Waals surface area contributed by atoms with E-state index in [4.69, 9.17) is 39.2 Å². The van der Waals surface area contributed by atoms with E-state index in [-0.39, 0.29) is 12.7 Å². The van der Waals surface area contributed by atoms with Crippen LogP contribution in [0.1, 0.15) is 13.8 Å². The van der Waals surface area contributed by atoms with Gasteiger partial charge in [0.15, 0.2) is 5.75 Å². The van der Waals surface area contributed by atoms with E-state index >= 15 is 0 Å². The zero-order valence-electron chi connectivity index (χ0n) is 10.6. The number of hydroxylamine groups is 1. The van der Waals surface area contributed by atoms with Crippen molar-refractivity contribution in [1.82, 2.24) is 5.48 Å². The molecule has 0 aliphatic carbocycles. The highest BCUT2D eigenvalue weighted by Gasteiger charge is 2.08. The van der Waals surface area contributed by atoms with Crippen molar-refractivity contribution in [2.24, 2.45) is 4.99 Å². The molecule has 0 atom stereocenters. The van der Waals surface area contributed by atoms with Gasteiger partial charge in [0, 0.05) is 0 Å². The van der Waals surface area contributed by atoms with Gasteiger partial charge in [-0.25, -0.2) is 4.99 Å². The summed E-state index contributed by atoms with van der Waals surface area (Å²) >= 11 is 12.1. The van der Waals surface area contributed by atoms with E-state index in [1.807, 2.05) is 13.8 Å². The van der Waals surface area contributed by atoms with E-state index in [1.165, 1.54) is 6.34 Å². The van der Waals surface area contributed by atoms with Crippen molar-refractivity contribution in [3.8, 4) is 18.1 Å². The molecule has 0 amide bonds. The van der Waals surface area contributed by atoms with Gasteiger partial charge in [-0.1, -0.05) is 29.1 Å². The maximum Gasteiger partial charge on any atom is 0.158 e. The Morgan fingerprint density at radius 1 is 1.42 bits per heavy atom. The molecule has 0 unspecified atom stereocenters. The fourth-order valence-corrected chi connectivity index (χ4v) is 1.72. The van der Waals surface area contributed by atoms with Gasteiger partial charge < -0.3 is 4.74 Å². The van der Waals surface area contributed by atoms with Crippen molar-refractivity contribution in [3.05, 3.63) is 22.2 Å². The molecule has 0 radical (unpaired) electrons. The van der Waals surface area contributed by atoms with Crippen LogP contribution >= 0.6 is 23.2 Å². The maximum atomic E-state index is 6.03. The summed E-state index contributed by atoms with van der Waals surface area (Å²) in [7, 11) is 0. The molecule has 0 saturated heterocycles. The van der Waals surface area contributed by atoms with E-state index in [2.05, 4.69) is 16.4 Å². The lowest BCUT2D eigenvalue weighted by atomic mass is 10.3. The van der Waals surface area contributed by atoms with Crippen molar-refractivity contribution in [2.75, 3.05) is 6.61 Å². The Morgan fingerprint density at radius 2 is 2.05 bits per heavy atom. The molecular weight excluding hydrogens is 287 g/mol. The van der Waals surface area contributed by atoms with E-state index in [1.54, 1.807) is 12.1 Å². The minimum absolute atomic E-state index is 0.0539. The van der Waals surface area contributed by atoms with Gasteiger partial charge in [0.1, 0.15) is 12.9 Å². The van der Waals surface area contributed by atoms with Crippen molar-refractivity contribution >= 4 is 35.2 Å². The highest BCUT2D eigenvalue weighted by Crippen LogP contribution is 2.36. The molecule has 0 saturated carbocycles. The second-order valence-corrected chi connectivity index (χ2v) is 4.59. The molecule has 0 aromatic heterocycles. The van der Waals surface area contributed by atoms with Crippen LogP contribution < -0.4 is 10.2 Å². The molecule has 4 nitrogen and oxygen atoms in total. The van der Waals surface area contributed by atoms with E-state index in [0.717, 1.165) is 0 Å². The number of nitrogens with zero attached hydrogens (tertiary/aromatic N) is 1. The summed E-state index contributed by atoms with van der Waals surface area (Å²) in [6.45, 7) is 3.89. The highest BCUT2D eigenvalue weighted by atomic mass is 35.5. The number of nitrogens with one attached hydrogen (secondary N) is 1. The van der Waals surface area contributed by atoms with Crippen LogP contribution in [-0.4, -0.2) is 19.0 Å². The van der Waals surface area contributed by atoms with Gasteiger partial charge in [0.25, 0.3) is 0 Å². The zero-order valence-corrected chi connectivity index (χ0v) is 12.1. The predicted molar refractivity (Wildman–Crippen MR) is 78.3 cm³/mol. The molecule has 0 bridgehead atoms. The zero-order chi connectivity index (χ0) is 14.3. The van der Waals surface area contributed by atoms with Crippen LogP contribution in [0, 0.1) is 12.3 Å². The minimum Gasteiger partial charge on any atom is -0.478 e. The molecule has 0 fully saturated rings. The Bertz CT molecular complexity index is 473. The van der Waals surface area contributed by atoms with Crippen LogP contribution in [0.4, 0.5) is 5.69 Å². The van der Waals surface area contributed by atoms with Crippen LogP contribution in [0.5, 0.6) is 5.75 Å². The fourth-order valence-electron chi connectivity index (χ4n) is 1.14. The van der Waals surface area contributed by atoms with Gasteiger partial charge in [-0.15, -0.1) is 6.42 Å². The number of rotatable bonds is 6. The van der Waals surface area contributed by atoms with Gasteiger partial charge >= 0.3 is 0 Å². The van der Waals surface area contributed by atoms with Gasteiger partial charge in [0.2, 0.25) is 0 Å². The first-order valence-corrected chi connectivity index (χ1v) is 6.29. The Morgan fingerprint density at radius 3 is 2.58 bits per heavy atom. The Hall–Kier alpha value is -1.41. The summed E-state index contributed by atoms with van der Waals surface area (Å²) < 4.78 is 5.24. The molecule has 6 heteroatoms. The third kappa shape index (κ3) is 5.39. The van der Waals surface area contributed by atoms with Crippen LogP contribution in [0.25, 0.3) is 0 Å². The number of hydrogen-bond donors (Lipinski definition) is 1. The van der Waals surface area contributed by atoms with Crippen molar-refractivity contribution in [2.45, 2.75) is 20.0 Å².